The van der Waals surface area contributed by atoms with Gasteiger partial charge in [0.05, 0.1) is 5.02 Å². The summed E-state index contributed by atoms with van der Waals surface area (Å²) in [5.74, 6) is -0.304. The Labute approximate surface area is 142 Å². The normalized spacial score (nSPS) is 21.3. The van der Waals surface area contributed by atoms with Gasteiger partial charge in [-0.25, -0.2) is 4.39 Å². The van der Waals surface area contributed by atoms with Gasteiger partial charge in [0.25, 0.3) is 0 Å². The van der Waals surface area contributed by atoms with Crippen LogP contribution in [0.3, 0.4) is 0 Å². The van der Waals surface area contributed by atoms with Crippen LogP contribution in [-0.4, -0.2) is 29.4 Å². The molecule has 1 N–H and O–H groups in total. The third kappa shape index (κ3) is 3.53. The Hall–Kier alpha value is -1.13. The summed E-state index contributed by atoms with van der Waals surface area (Å²) in [6.07, 6.45) is 7.71. The zero-order valence-corrected chi connectivity index (χ0v) is 14.2. The standard InChI is InChI=1S/C18H24ClFN2O/c19-15-12-14(6-7-16(15)20)13-21-17(23)18(8-2-1-3-9-18)22-10-4-5-11-22/h6-7,12H,1-5,8-11,13H2,(H,21,23). The summed E-state index contributed by atoms with van der Waals surface area (Å²) in [7, 11) is 0. The molecule has 5 heteroatoms. The van der Waals surface area contributed by atoms with E-state index in [1.165, 1.54) is 25.3 Å². The van der Waals surface area contributed by atoms with E-state index in [0.29, 0.717) is 6.54 Å². The molecule has 1 amide bonds. The fourth-order valence-corrected chi connectivity index (χ4v) is 4.17. The van der Waals surface area contributed by atoms with Gasteiger partial charge >= 0.3 is 0 Å². The second-order valence-electron chi connectivity index (χ2n) is 6.72. The smallest absolute Gasteiger partial charge is 0.240 e. The van der Waals surface area contributed by atoms with Gasteiger partial charge in [-0.3, -0.25) is 9.69 Å². The first-order valence-electron chi connectivity index (χ1n) is 8.59. The van der Waals surface area contributed by atoms with Crippen molar-refractivity contribution in [1.82, 2.24) is 10.2 Å². The summed E-state index contributed by atoms with van der Waals surface area (Å²) in [5.41, 5.74) is 0.496. The molecule has 1 aliphatic carbocycles. The number of amides is 1. The number of rotatable bonds is 4. The average molecular weight is 339 g/mol. The zero-order valence-electron chi connectivity index (χ0n) is 13.4. The molecule has 126 valence electrons. The lowest BCUT2D eigenvalue weighted by Gasteiger charge is -2.43. The second-order valence-corrected chi connectivity index (χ2v) is 7.12. The molecule has 1 aromatic rings. The molecule has 3 rings (SSSR count). The van der Waals surface area contributed by atoms with Crippen molar-refractivity contribution in [3.05, 3.63) is 34.6 Å². The van der Waals surface area contributed by atoms with Gasteiger partial charge in [-0.1, -0.05) is 36.9 Å². The molecule has 0 unspecified atom stereocenters. The molecular formula is C18H24ClFN2O. The van der Waals surface area contributed by atoms with Crippen LogP contribution in [0.15, 0.2) is 18.2 Å². The van der Waals surface area contributed by atoms with Gasteiger partial charge in [0, 0.05) is 6.54 Å². The molecule has 1 aromatic carbocycles. The third-order valence-electron chi connectivity index (χ3n) is 5.25. The average Bonchev–Trinajstić information content (AvgIpc) is 3.11. The summed E-state index contributed by atoms with van der Waals surface area (Å²) < 4.78 is 13.2. The first-order valence-corrected chi connectivity index (χ1v) is 8.97. The highest BCUT2D eigenvalue weighted by Gasteiger charge is 2.45. The summed E-state index contributed by atoms with van der Waals surface area (Å²) in [4.78, 5) is 15.4. The lowest BCUT2D eigenvalue weighted by Crippen LogP contribution is -2.58. The van der Waals surface area contributed by atoms with Gasteiger partial charge in [-0.05, 0) is 56.5 Å². The van der Waals surface area contributed by atoms with E-state index in [4.69, 9.17) is 11.6 Å². The van der Waals surface area contributed by atoms with Crippen LogP contribution in [0.1, 0.15) is 50.5 Å². The summed E-state index contributed by atoms with van der Waals surface area (Å²) >= 11 is 5.81. The van der Waals surface area contributed by atoms with E-state index in [-0.39, 0.29) is 16.5 Å². The Kier molecular flexibility index (Phi) is 5.22. The largest absolute Gasteiger partial charge is 0.350 e. The number of halogens is 2. The maximum absolute atomic E-state index is 13.2. The van der Waals surface area contributed by atoms with Gasteiger partial charge in [0.15, 0.2) is 0 Å². The van der Waals surface area contributed by atoms with Gasteiger partial charge in [-0.2, -0.15) is 0 Å². The number of carbonyl (C=O) groups excluding carboxylic acids is 1. The minimum absolute atomic E-state index is 0.101. The van der Waals surface area contributed by atoms with Gasteiger partial charge in [-0.15, -0.1) is 0 Å². The van der Waals surface area contributed by atoms with Crippen molar-refractivity contribution in [2.24, 2.45) is 0 Å². The van der Waals surface area contributed by atoms with Crippen molar-refractivity contribution in [2.45, 2.75) is 57.0 Å². The van der Waals surface area contributed by atoms with Crippen LogP contribution in [-0.2, 0) is 11.3 Å². The van der Waals surface area contributed by atoms with E-state index in [2.05, 4.69) is 10.2 Å². The lowest BCUT2D eigenvalue weighted by molar-refractivity contribution is -0.135. The number of nitrogens with zero attached hydrogens (tertiary/aromatic N) is 1. The zero-order chi connectivity index (χ0) is 16.3. The van der Waals surface area contributed by atoms with Crippen LogP contribution in [0, 0.1) is 5.82 Å². The van der Waals surface area contributed by atoms with E-state index < -0.39 is 5.82 Å². The van der Waals surface area contributed by atoms with E-state index >= 15 is 0 Å². The fourth-order valence-electron chi connectivity index (χ4n) is 3.97. The number of hydrogen-bond donors (Lipinski definition) is 1. The lowest BCUT2D eigenvalue weighted by atomic mass is 9.79. The fraction of sp³-hybridized carbons (Fsp3) is 0.611. The molecule has 23 heavy (non-hydrogen) atoms. The molecule has 0 bridgehead atoms. The predicted molar refractivity (Wildman–Crippen MR) is 89.9 cm³/mol. The molecule has 2 aliphatic rings. The van der Waals surface area contributed by atoms with Crippen molar-refractivity contribution in [3.63, 3.8) is 0 Å². The van der Waals surface area contributed by atoms with E-state index in [1.54, 1.807) is 12.1 Å². The van der Waals surface area contributed by atoms with Crippen LogP contribution in [0.5, 0.6) is 0 Å². The Morgan fingerprint density at radius 3 is 2.52 bits per heavy atom. The van der Waals surface area contributed by atoms with E-state index in [0.717, 1.165) is 44.3 Å². The highest BCUT2D eigenvalue weighted by Crippen LogP contribution is 2.36. The van der Waals surface area contributed by atoms with Crippen LogP contribution in [0.2, 0.25) is 5.02 Å². The van der Waals surface area contributed by atoms with Crippen LogP contribution in [0.4, 0.5) is 4.39 Å². The monoisotopic (exact) mass is 338 g/mol. The van der Waals surface area contributed by atoms with E-state index in [9.17, 15) is 9.18 Å². The molecular weight excluding hydrogens is 315 g/mol. The number of carbonyl (C=O) groups is 1. The number of benzene rings is 1. The predicted octanol–water partition coefficient (Wildman–Crippen LogP) is 3.89. The molecule has 0 aromatic heterocycles. The maximum atomic E-state index is 13.2. The Bertz CT molecular complexity index is 566. The highest BCUT2D eigenvalue weighted by molar-refractivity contribution is 6.30. The molecule has 1 heterocycles. The summed E-state index contributed by atoms with van der Waals surface area (Å²) in [6.45, 7) is 2.44. The van der Waals surface area contributed by atoms with Crippen molar-refractivity contribution >= 4 is 17.5 Å². The SMILES string of the molecule is O=C(NCc1ccc(F)c(Cl)c1)C1(N2CCCC2)CCCCC1. The van der Waals surface area contributed by atoms with Crippen molar-refractivity contribution in [3.8, 4) is 0 Å². The van der Waals surface area contributed by atoms with Crippen LogP contribution >= 0.6 is 11.6 Å². The first kappa shape index (κ1) is 16.7. The molecule has 3 nitrogen and oxygen atoms in total. The van der Waals surface area contributed by atoms with E-state index in [1.807, 2.05) is 0 Å². The molecule has 0 atom stereocenters. The first-order chi connectivity index (χ1) is 11.1. The summed E-state index contributed by atoms with van der Waals surface area (Å²) in [5, 5.41) is 3.17. The molecule has 1 saturated carbocycles. The third-order valence-corrected chi connectivity index (χ3v) is 5.54. The van der Waals surface area contributed by atoms with Crippen LogP contribution < -0.4 is 5.32 Å². The molecule has 2 fully saturated rings. The molecule has 1 aliphatic heterocycles. The van der Waals surface area contributed by atoms with Crippen molar-refractivity contribution in [2.75, 3.05) is 13.1 Å². The second kappa shape index (κ2) is 7.18. The number of hydrogen-bond acceptors (Lipinski definition) is 2. The van der Waals surface area contributed by atoms with Gasteiger partial charge in [0.2, 0.25) is 5.91 Å². The highest BCUT2D eigenvalue weighted by atomic mass is 35.5. The van der Waals surface area contributed by atoms with Crippen LogP contribution in [0.25, 0.3) is 0 Å². The summed E-state index contributed by atoms with van der Waals surface area (Å²) in [6, 6.07) is 4.60. The number of likely N-dealkylation sites (tertiary alicyclic amines) is 1. The van der Waals surface area contributed by atoms with Crippen molar-refractivity contribution in [1.29, 1.82) is 0 Å². The Balaban J connectivity index is 1.69. The topological polar surface area (TPSA) is 32.3 Å². The quantitative estimate of drug-likeness (QED) is 0.903. The Morgan fingerprint density at radius 1 is 1.17 bits per heavy atom. The molecule has 0 spiro atoms. The maximum Gasteiger partial charge on any atom is 0.240 e. The minimum atomic E-state index is -0.428. The number of nitrogens with one attached hydrogen (secondary N) is 1. The molecule has 0 radical (unpaired) electrons. The van der Waals surface area contributed by atoms with Crippen molar-refractivity contribution < 1.29 is 9.18 Å². The molecule has 1 saturated heterocycles. The Morgan fingerprint density at radius 2 is 1.87 bits per heavy atom. The van der Waals surface area contributed by atoms with Gasteiger partial charge < -0.3 is 5.32 Å². The minimum Gasteiger partial charge on any atom is -0.350 e. The van der Waals surface area contributed by atoms with Gasteiger partial charge in [0.1, 0.15) is 11.4 Å².